The summed E-state index contributed by atoms with van der Waals surface area (Å²) in [7, 11) is 1.21. The quantitative estimate of drug-likeness (QED) is 0.412. The van der Waals surface area contributed by atoms with E-state index in [9.17, 15) is 19.2 Å². The number of ether oxygens (including phenoxy) is 2. The molecule has 0 aromatic rings. The molecule has 1 atom stereocenters. The van der Waals surface area contributed by atoms with Crippen LogP contribution in [0.15, 0.2) is 12.7 Å². The maximum Gasteiger partial charge on any atom is 0.408 e. The molecule has 9 heteroatoms. The Kier molecular flexibility index (Phi) is 8.45. The molecule has 0 bridgehead atoms. The van der Waals surface area contributed by atoms with E-state index < -0.39 is 46.1 Å². The minimum absolute atomic E-state index is 0.0876. The number of hydrogen-bond donors (Lipinski definition) is 3. The van der Waals surface area contributed by atoms with Crippen LogP contribution in [-0.2, 0) is 23.9 Å². The van der Waals surface area contributed by atoms with Gasteiger partial charge in [0, 0.05) is 0 Å². The Balaban J connectivity index is 5.45. The minimum atomic E-state index is -1.42. The van der Waals surface area contributed by atoms with Gasteiger partial charge >= 0.3 is 12.1 Å². The molecule has 0 fully saturated rings. The van der Waals surface area contributed by atoms with Crippen LogP contribution in [0.2, 0.25) is 0 Å². The molecule has 166 valence electrons. The van der Waals surface area contributed by atoms with Gasteiger partial charge in [-0.2, -0.15) is 0 Å². The van der Waals surface area contributed by atoms with Crippen molar-refractivity contribution in [1.29, 1.82) is 0 Å². The van der Waals surface area contributed by atoms with Gasteiger partial charge in [0.25, 0.3) is 0 Å². The number of methoxy groups -OCH3 is 1. The van der Waals surface area contributed by atoms with E-state index in [0.29, 0.717) is 0 Å². The van der Waals surface area contributed by atoms with Crippen molar-refractivity contribution in [3.05, 3.63) is 12.7 Å². The number of rotatable bonds is 8. The number of carbonyl (C=O) groups is 4. The van der Waals surface area contributed by atoms with Crippen LogP contribution in [0.25, 0.3) is 0 Å². The van der Waals surface area contributed by atoms with Crippen molar-refractivity contribution in [2.24, 2.45) is 0 Å². The third-order valence-corrected chi connectivity index (χ3v) is 3.95. The molecule has 0 rings (SSSR count). The van der Waals surface area contributed by atoms with Gasteiger partial charge in [0.05, 0.1) is 7.11 Å². The first kappa shape index (κ1) is 26.4. The molecule has 0 aliphatic rings. The summed E-state index contributed by atoms with van der Waals surface area (Å²) in [6.07, 6.45) is 0.795. The highest BCUT2D eigenvalue weighted by Gasteiger charge is 2.42. The molecule has 0 aromatic carbocycles. The predicted octanol–water partition coefficient (Wildman–Crippen LogP) is 1.81. The summed E-state index contributed by atoms with van der Waals surface area (Å²) in [5.74, 6) is -1.85. The first-order valence-corrected chi connectivity index (χ1v) is 9.26. The average Bonchev–Trinajstić information content (AvgIpc) is 2.51. The SMILES string of the molecule is C=CC[C@@](C)(NC(=O)C(C)(C)NC(=O)OC(C)(C)C)C(=O)NC(C)(C)C(=O)OC. The molecular formula is C20H35N3O6. The molecule has 0 heterocycles. The molecule has 0 aliphatic carbocycles. The van der Waals surface area contributed by atoms with Crippen LogP contribution in [0.3, 0.4) is 0 Å². The molecule has 0 spiro atoms. The zero-order chi connectivity index (χ0) is 23.3. The van der Waals surface area contributed by atoms with Crippen LogP contribution in [-0.4, -0.2) is 53.2 Å². The van der Waals surface area contributed by atoms with Gasteiger partial charge in [0.2, 0.25) is 11.8 Å². The summed E-state index contributed by atoms with van der Waals surface area (Å²) < 4.78 is 9.86. The van der Waals surface area contributed by atoms with Crippen molar-refractivity contribution in [2.45, 2.75) is 84.0 Å². The van der Waals surface area contributed by atoms with E-state index >= 15 is 0 Å². The summed E-state index contributed by atoms with van der Waals surface area (Å²) in [6, 6.07) is 0. The number of hydrogen-bond acceptors (Lipinski definition) is 6. The maximum atomic E-state index is 12.9. The number of carbonyl (C=O) groups excluding carboxylic acids is 4. The van der Waals surface area contributed by atoms with Crippen LogP contribution in [0.5, 0.6) is 0 Å². The zero-order valence-corrected chi connectivity index (χ0v) is 18.9. The van der Waals surface area contributed by atoms with E-state index in [4.69, 9.17) is 4.74 Å². The second-order valence-corrected chi connectivity index (χ2v) is 9.10. The fraction of sp³-hybridized carbons (Fsp3) is 0.700. The molecule has 9 nitrogen and oxygen atoms in total. The smallest absolute Gasteiger partial charge is 0.408 e. The first-order chi connectivity index (χ1) is 12.9. The third-order valence-electron chi connectivity index (χ3n) is 3.95. The van der Waals surface area contributed by atoms with Gasteiger partial charge in [0.15, 0.2) is 0 Å². The lowest BCUT2D eigenvalue weighted by Gasteiger charge is -2.36. The zero-order valence-electron chi connectivity index (χ0n) is 18.9. The first-order valence-electron chi connectivity index (χ1n) is 9.26. The highest BCUT2D eigenvalue weighted by molar-refractivity contribution is 5.97. The normalized spacial score (nSPS) is 14.1. The Bertz CT molecular complexity index is 664. The second kappa shape index (κ2) is 9.28. The van der Waals surface area contributed by atoms with Crippen LogP contribution in [0, 0.1) is 0 Å². The van der Waals surface area contributed by atoms with Gasteiger partial charge in [-0.15, -0.1) is 6.58 Å². The van der Waals surface area contributed by atoms with E-state index in [1.165, 1.54) is 47.8 Å². The van der Waals surface area contributed by atoms with E-state index in [2.05, 4.69) is 27.3 Å². The van der Waals surface area contributed by atoms with Gasteiger partial charge in [-0.3, -0.25) is 9.59 Å². The number of amides is 3. The van der Waals surface area contributed by atoms with Gasteiger partial charge in [-0.1, -0.05) is 6.08 Å². The van der Waals surface area contributed by atoms with Gasteiger partial charge in [-0.25, -0.2) is 9.59 Å². The Labute approximate surface area is 173 Å². The van der Waals surface area contributed by atoms with Crippen LogP contribution in [0.4, 0.5) is 4.79 Å². The summed E-state index contributed by atoms with van der Waals surface area (Å²) in [5.41, 5.74) is -4.82. The Morgan fingerprint density at radius 2 is 1.34 bits per heavy atom. The summed E-state index contributed by atoms with van der Waals surface area (Å²) >= 11 is 0. The monoisotopic (exact) mass is 413 g/mol. The van der Waals surface area contributed by atoms with Gasteiger partial charge < -0.3 is 25.4 Å². The molecule has 0 radical (unpaired) electrons. The third kappa shape index (κ3) is 8.13. The highest BCUT2D eigenvalue weighted by atomic mass is 16.6. The van der Waals surface area contributed by atoms with E-state index in [1.54, 1.807) is 20.8 Å². The lowest BCUT2D eigenvalue weighted by molar-refractivity contribution is -0.150. The Morgan fingerprint density at radius 1 is 0.828 bits per heavy atom. The van der Waals surface area contributed by atoms with E-state index in [0.717, 1.165) is 0 Å². The average molecular weight is 414 g/mol. The van der Waals surface area contributed by atoms with Crippen molar-refractivity contribution < 1.29 is 28.7 Å². The fourth-order valence-electron chi connectivity index (χ4n) is 2.24. The molecule has 0 aromatic heterocycles. The summed E-state index contributed by atoms with van der Waals surface area (Å²) in [4.78, 5) is 49.6. The fourth-order valence-corrected chi connectivity index (χ4v) is 2.24. The van der Waals surface area contributed by atoms with E-state index in [-0.39, 0.29) is 6.42 Å². The van der Waals surface area contributed by atoms with Crippen molar-refractivity contribution in [3.63, 3.8) is 0 Å². The highest BCUT2D eigenvalue weighted by Crippen LogP contribution is 2.17. The molecule has 3 N–H and O–H groups in total. The Morgan fingerprint density at radius 3 is 1.76 bits per heavy atom. The van der Waals surface area contributed by atoms with Crippen LogP contribution in [0.1, 0.15) is 61.8 Å². The largest absolute Gasteiger partial charge is 0.467 e. The predicted molar refractivity (Wildman–Crippen MR) is 109 cm³/mol. The molecule has 29 heavy (non-hydrogen) atoms. The van der Waals surface area contributed by atoms with Crippen molar-refractivity contribution in [1.82, 2.24) is 16.0 Å². The van der Waals surface area contributed by atoms with Crippen LogP contribution < -0.4 is 16.0 Å². The lowest BCUT2D eigenvalue weighted by Crippen LogP contribution is -2.66. The topological polar surface area (TPSA) is 123 Å². The molecule has 0 unspecified atom stereocenters. The number of nitrogens with one attached hydrogen (secondary N) is 3. The maximum absolute atomic E-state index is 12.9. The second-order valence-electron chi connectivity index (χ2n) is 9.10. The van der Waals surface area contributed by atoms with Crippen molar-refractivity contribution in [3.8, 4) is 0 Å². The molecule has 3 amide bonds. The lowest BCUT2D eigenvalue weighted by atomic mass is 9.92. The summed E-state index contributed by atoms with van der Waals surface area (Å²) in [6.45, 7) is 16.2. The molecule has 0 saturated heterocycles. The Hall–Kier alpha value is -2.58. The number of esters is 1. The van der Waals surface area contributed by atoms with Crippen molar-refractivity contribution in [2.75, 3.05) is 7.11 Å². The minimum Gasteiger partial charge on any atom is -0.467 e. The van der Waals surface area contributed by atoms with Gasteiger partial charge in [0.1, 0.15) is 22.2 Å². The van der Waals surface area contributed by atoms with Gasteiger partial charge in [-0.05, 0) is 61.8 Å². The molecule has 0 saturated carbocycles. The van der Waals surface area contributed by atoms with Crippen LogP contribution >= 0.6 is 0 Å². The standard InChI is InChI=1S/C20H35N3O6/c1-11-12-20(9,14(25)21-19(7,8)15(26)28-10)22-13(24)18(5,6)23-16(27)29-17(2,3)4/h11H,1,12H2,2-10H3,(H,21,25)(H,22,24)(H,23,27)/t20-/m1/s1. The number of alkyl carbamates (subject to hydrolysis) is 1. The van der Waals surface area contributed by atoms with Crippen molar-refractivity contribution >= 4 is 23.9 Å². The molecule has 0 aliphatic heterocycles. The molecular weight excluding hydrogens is 378 g/mol. The van der Waals surface area contributed by atoms with E-state index in [1.807, 2.05) is 0 Å². The summed E-state index contributed by atoms with van der Waals surface area (Å²) in [5, 5.41) is 7.70.